The largest absolute Gasteiger partial charge is 0.493 e. The van der Waals surface area contributed by atoms with Crippen molar-refractivity contribution in [3.05, 3.63) is 96.7 Å². The van der Waals surface area contributed by atoms with E-state index in [0.717, 1.165) is 18.4 Å². The fraction of sp³-hybridized carbons (Fsp3) is 0.300. The Hall–Kier alpha value is -3.91. The molecule has 7 nitrogen and oxygen atoms in total. The van der Waals surface area contributed by atoms with E-state index in [0.29, 0.717) is 44.3 Å². The monoisotopic (exact) mass is 532 g/mol. The number of carbonyl (C=O) groups excluding carboxylic acids is 1. The maximum absolute atomic E-state index is 13.7. The van der Waals surface area contributed by atoms with Gasteiger partial charge in [-0.15, -0.1) is 0 Å². The number of thiazole rings is 1. The quantitative estimate of drug-likeness (QED) is 0.281. The van der Waals surface area contributed by atoms with Crippen LogP contribution >= 0.6 is 11.3 Å². The summed E-state index contributed by atoms with van der Waals surface area (Å²) in [6, 6.07) is 14.6. The zero-order chi connectivity index (χ0) is 27.1. The molecule has 4 rings (SSSR count). The third-order valence-electron chi connectivity index (χ3n) is 6.11. The summed E-state index contributed by atoms with van der Waals surface area (Å²) in [7, 11) is 1.57. The van der Waals surface area contributed by atoms with Crippen molar-refractivity contribution in [1.82, 2.24) is 4.57 Å². The zero-order valence-corrected chi connectivity index (χ0v) is 22.9. The van der Waals surface area contributed by atoms with Crippen LogP contribution in [0.1, 0.15) is 50.8 Å². The van der Waals surface area contributed by atoms with E-state index in [2.05, 4.69) is 11.9 Å². The van der Waals surface area contributed by atoms with Crippen LogP contribution in [0.3, 0.4) is 0 Å². The Morgan fingerprint density at radius 3 is 2.63 bits per heavy atom. The highest BCUT2D eigenvalue weighted by Gasteiger charge is 2.33. The molecule has 0 spiro atoms. The fourth-order valence-corrected chi connectivity index (χ4v) is 5.23. The number of esters is 1. The van der Waals surface area contributed by atoms with Crippen LogP contribution in [0.25, 0.3) is 12.2 Å². The minimum absolute atomic E-state index is 0.213. The molecular formula is C30H32N2O5S. The van der Waals surface area contributed by atoms with E-state index in [4.69, 9.17) is 14.2 Å². The maximum atomic E-state index is 13.7. The first kappa shape index (κ1) is 27.1. The van der Waals surface area contributed by atoms with Crippen molar-refractivity contribution in [2.24, 2.45) is 4.99 Å². The molecule has 0 saturated carbocycles. The van der Waals surface area contributed by atoms with Crippen molar-refractivity contribution < 1.29 is 19.0 Å². The topological polar surface area (TPSA) is 79.1 Å². The second kappa shape index (κ2) is 12.6. The third kappa shape index (κ3) is 5.81. The van der Waals surface area contributed by atoms with Gasteiger partial charge in [-0.1, -0.05) is 73.2 Å². The second-order valence-electron chi connectivity index (χ2n) is 8.71. The molecule has 3 aromatic rings. The highest BCUT2D eigenvalue weighted by molar-refractivity contribution is 7.07. The number of methoxy groups -OCH3 is 1. The van der Waals surface area contributed by atoms with Crippen LogP contribution in [0.15, 0.2) is 75.7 Å². The Labute approximate surface area is 226 Å². The van der Waals surface area contributed by atoms with Crippen molar-refractivity contribution in [3.63, 3.8) is 0 Å². The number of hydrogen-bond acceptors (Lipinski definition) is 7. The molecule has 0 N–H and O–H groups in total. The van der Waals surface area contributed by atoms with Crippen molar-refractivity contribution in [1.29, 1.82) is 0 Å². The van der Waals surface area contributed by atoms with Crippen molar-refractivity contribution in [3.8, 4) is 11.5 Å². The molecule has 1 aromatic heterocycles. The summed E-state index contributed by atoms with van der Waals surface area (Å²) in [4.78, 5) is 31.9. The van der Waals surface area contributed by atoms with Crippen LogP contribution in [-0.4, -0.2) is 30.9 Å². The van der Waals surface area contributed by atoms with Crippen molar-refractivity contribution in [2.75, 3.05) is 20.3 Å². The van der Waals surface area contributed by atoms with Crippen LogP contribution in [0.5, 0.6) is 11.5 Å². The first-order valence-corrected chi connectivity index (χ1v) is 13.5. The number of rotatable bonds is 10. The van der Waals surface area contributed by atoms with Gasteiger partial charge in [0.25, 0.3) is 5.56 Å². The molecule has 0 fully saturated rings. The third-order valence-corrected chi connectivity index (χ3v) is 7.11. The zero-order valence-electron chi connectivity index (χ0n) is 22.1. The summed E-state index contributed by atoms with van der Waals surface area (Å²) in [5, 5.41) is 0. The van der Waals surface area contributed by atoms with Gasteiger partial charge in [0.05, 0.1) is 42.2 Å². The predicted octanol–water partition coefficient (Wildman–Crippen LogP) is 4.65. The Kier molecular flexibility index (Phi) is 8.97. The molecule has 198 valence electrons. The molecule has 1 atom stereocenters. The number of allylic oxidation sites excluding steroid dienone is 2. The Bertz CT molecular complexity index is 1530. The van der Waals surface area contributed by atoms with Crippen molar-refractivity contribution in [2.45, 2.75) is 39.7 Å². The van der Waals surface area contributed by atoms with Crippen LogP contribution < -0.4 is 24.4 Å². The number of hydrogen-bond donors (Lipinski definition) is 0. The Balaban J connectivity index is 1.83. The number of carbonyl (C=O) groups is 1. The number of unbranched alkanes of at least 4 members (excludes halogenated alkanes) is 1. The second-order valence-corrected chi connectivity index (χ2v) is 9.72. The first-order chi connectivity index (χ1) is 18.5. The average molecular weight is 533 g/mol. The SMILES string of the molecule is CCCCOc1ccc(C2C(C(=O)OCC)=C(C)N=c3sc(=CC=Cc4ccccc4)c(=O)n32)cc1OC. The molecule has 0 bridgehead atoms. The first-order valence-electron chi connectivity index (χ1n) is 12.7. The highest BCUT2D eigenvalue weighted by Crippen LogP contribution is 2.36. The van der Waals surface area contributed by atoms with E-state index in [9.17, 15) is 9.59 Å². The lowest BCUT2D eigenvalue weighted by Crippen LogP contribution is -2.39. The van der Waals surface area contributed by atoms with Crippen LogP contribution in [-0.2, 0) is 9.53 Å². The summed E-state index contributed by atoms with van der Waals surface area (Å²) < 4.78 is 19.0. The maximum Gasteiger partial charge on any atom is 0.338 e. The summed E-state index contributed by atoms with van der Waals surface area (Å²) in [5.41, 5.74) is 2.35. The number of benzene rings is 2. The van der Waals surface area contributed by atoms with E-state index in [1.165, 1.54) is 11.3 Å². The fourth-order valence-electron chi connectivity index (χ4n) is 4.23. The highest BCUT2D eigenvalue weighted by atomic mass is 32.1. The van der Waals surface area contributed by atoms with Gasteiger partial charge in [-0.25, -0.2) is 9.79 Å². The lowest BCUT2D eigenvalue weighted by atomic mass is 9.95. The molecule has 2 heterocycles. The lowest BCUT2D eigenvalue weighted by molar-refractivity contribution is -0.139. The Morgan fingerprint density at radius 1 is 1.13 bits per heavy atom. The number of ether oxygens (including phenoxy) is 3. The van der Waals surface area contributed by atoms with E-state index in [-0.39, 0.29) is 12.2 Å². The average Bonchev–Trinajstić information content (AvgIpc) is 3.23. The lowest BCUT2D eigenvalue weighted by Gasteiger charge is -2.25. The van der Waals surface area contributed by atoms with E-state index in [1.54, 1.807) is 31.6 Å². The minimum Gasteiger partial charge on any atom is -0.493 e. The van der Waals surface area contributed by atoms with E-state index in [1.807, 2.05) is 60.7 Å². The molecule has 1 aliphatic heterocycles. The van der Waals surface area contributed by atoms with Gasteiger partial charge in [0, 0.05) is 0 Å². The van der Waals surface area contributed by atoms with Crippen LogP contribution in [0.4, 0.5) is 0 Å². The summed E-state index contributed by atoms with van der Waals surface area (Å²) in [5.74, 6) is 0.644. The summed E-state index contributed by atoms with van der Waals surface area (Å²) in [6.07, 6.45) is 7.51. The molecule has 8 heteroatoms. The molecule has 2 aromatic carbocycles. The smallest absolute Gasteiger partial charge is 0.338 e. The molecule has 0 amide bonds. The van der Waals surface area contributed by atoms with Gasteiger partial charge in [-0.3, -0.25) is 9.36 Å². The molecular weight excluding hydrogens is 500 g/mol. The van der Waals surface area contributed by atoms with Crippen LogP contribution in [0.2, 0.25) is 0 Å². The van der Waals surface area contributed by atoms with Gasteiger partial charge < -0.3 is 14.2 Å². The van der Waals surface area contributed by atoms with Crippen LogP contribution in [0, 0.1) is 0 Å². The molecule has 0 aliphatic carbocycles. The molecule has 0 radical (unpaired) electrons. The van der Waals surface area contributed by atoms with Gasteiger partial charge in [0.15, 0.2) is 16.3 Å². The molecule has 0 saturated heterocycles. The molecule has 1 unspecified atom stereocenters. The minimum atomic E-state index is -0.718. The number of fused-ring (bicyclic) bond motifs is 1. The normalized spacial score (nSPS) is 15.4. The number of nitrogens with zero attached hydrogens (tertiary/aromatic N) is 2. The predicted molar refractivity (Wildman–Crippen MR) is 150 cm³/mol. The van der Waals surface area contributed by atoms with Gasteiger partial charge in [-0.05, 0) is 49.6 Å². The van der Waals surface area contributed by atoms with E-state index >= 15 is 0 Å². The van der Waals surface area contributed by atoms with Gasteiger partial charge in [0.1, 0.15) is 0 Å². The molecule has 38 heavy (non-hydrogen) atoms. The van der Waals surface area contributed by atoms with Gasteiger partial charge in [0.2, 0.25) is 0 Å². The summed E-state index contributed by atoms with van der Waals surface area (Å²) in [6.45, 7) is 6.41. The van der Waals surface area contributed by atoms with Gasteiger partial charge >= 0.3 is 5.97 Å². The number of aromatic nitrogens is 1. The van der Waals surface area contributed by atoms with E-state index < -0.39 is 12.0 Å². The standard InChI is InChI=1S/C30H32N2O5S/c1-5-7-18-37-23-17-16-22(19-24(23)35-4)27-26(29(34)36-6-2)20(3)31-30-32(27)28(33)25(38-30)15-11-14-21-12-9-8-10-13-21/h8-17,19,27H,5-7,18H2,1-4H3. The van der Waals surface area contributed by atoms with Gasteiger partial charge in [-0.2, -0.15) is 0 Å². The summed E-state index contributed by atoms with van der Waals surface area (Å²) >= 11 is 1.29. The molecule has 1 aliphatic rings. The van der Waals surface area contributed by atoms with Crippen molar-refractivity contribution >= 4 is 29.5 Å². The Morgan fingerprint density at radius 2 is 1.92 bits per heavy atom.